The number of hydrogen-bond acceptors (Lipinski definition) is 0. The van der Waals surface area contributed by atoms with Crippen LogP contribution >= 0.6 is 0 Å². The molecule has 0 aromatic heterocycles. The van der Waals surface area contributed by atoms with Crippen LogP contribution < -0.4 is 0 Å². The van der Waals surface area contributed by atoms with Crippen molar-refractivity contribution >= 4 is 0 Å². The number of rotatable bonds is 0. The van der Waals surface area contributed by atoms with Crippen LogP contribution in [0, 0.1) is 24.7 Å². The predicted molar refractivity (Wildman–Crippen MR) is 29.4 cm³/mol. The molecule has 2 radical (unpaired) electrons. The highest BCUT2D eigenvalue weighted by molar-refractivity contribution is 5.06. The fourth-order valence-electron chi connectivity index (χ4n) is 1.57. The van der Waals surface area contributed by atoms with Crippen LogP contribution in [0.5, 0.6) is 0 Å². The van der Waals surface area contributed by atoms with Crippen LogP contribution in [0.4, 0.5) is 0 Å². The van der Waals surface area contributed by atoms with Gasteiger partial charge < -0.3 is 0 Å². The molecular weight excluding hydrogens is 84.1 g/mol. The summed E-state index contributed by atoms with van der Waals surface area (Å²) in [4.78, 5) is 0. The Morgan fingerprint density at radius 1 is 1.00 bits per heavy atom. The maximum atomic E-state index is 2.45. The topological polar surface area (TPSA) is 0 Å². The van der Waals surface area contributed by atoms with Crippen molar-refractivity contribution in [1.29, 1.82) is 0 Å². The molecule has 2 aliphatic rings. The molecular formula is C7H10. The van der Waals surface area contributed by atoms with Crippen molar-refractivity contribution in [3.63, 3.8) is 0 Å². The second-order valence-electron chi connectivity index (χ2n) is 2.61. The molecule has 0 spiro atoms. The zero-order valence-corrected chi connectivity index (χ0v) is 4.43. The second kappa shape index (κ2) is 1.24. The van der Waals surface area contributed by atoms with Crippen molar-refractivity contribution in [3.8, 4) is 0 Å². The summed E-state index contributed by atoms with van der Waals surface area (Å²) in [5.41, 5.74) is 0. The van der Waals surface area contributed by atoms with Crippen molar-refractivity contribution in [1.82, 2.24) is 0 Å². The third-order valence-electron chi connectivity index (χ3n) is 2.26. The van der Waals surface area contributed by atoms with Gasteiger partial charge in [-0.25, -0.2) is 0 Å². The van der Waals surface area contributed by atoms with Crippen molar-refractivity contribution in [2.24, 2.45) is 11.8 Å². The molecule has 2 unspecified atom stereocenters. The van der Waals surface area contributed by atoms with E-state index in [9.17, 15) is 0 Å². The summed E-state index contributed by atoms with van der Waals surface area (Å²) < 4.78 is 0. The lowest BCUT2D eigenvalue weighted by Gasteiger charge is -2.29. The van der Waals surface area contributed by atoms with E-state index in [1.54, 1.807) is 0 Å². The van der Waals surface area contributed by atoms with E-state index in [0.717, 1.165) is 11.8 Å². The summed E-state index contributed by atoms with van der Waals surface area (Å²) in [5, 5.41) is 0. The van der Waals surface area contributed by atoms with Gasteiger partial charge in [-0.05, 0) is 43.9 Å². The third kappa shape index (κ3) is 0.427. The van der Waals surface area contributed by atoms with Gasteiger partial charge >= 0.3 is 0 Å². The monoisotopic (exact) mass is 94.1 g/mol. The Morgan fingerprint density at radius 2 is 1.57 bits per heavy atom. The molecule has 0 heterocycles. The van der Waals surface area contributed by atoms with Gasteiger partial charge in [-0.3, -0.25) is 0 Å². The van der Waals surface area contributed by atoms with Gasteiger partial charge in [0.25, 0.3) is 0 Å². The van der Waals surface area contributed by atoms with Gasteiger partial charge in [-0.2, -0.15) is 0 Å². The molecule has 2 saturated carbocycles. The molecule has 0 amide bonds. The lowest BCUT2D eigenvalue weighted by molar-refractivity contribution is 0.280. The summed E-state index contributed by atoms with van der Waals surface area (Å²) in [6.45, 7) is 0. The largest absolute Gasteiger partial charge is 0.0496 e. The van der Waals surface area contributed by atoms with Gasteiger partial charge in [0, 0.05) is 0 Å². The van der Waals surface area contributed by atoms with Gasteiger partial charge in [0.05, 0.1) is 0 Å². The first-order valence-corrected chi connectivity index (χ1v) is 3.13. The van der Waals surface area contributed by atoms with Gasteiger partial charge in [0.15, 0.2) is 0 Å². The lowest BCUT2D eigenvalue weighted by Crippen LogP contribution is -2.19. The Kier molecular flexibility index (Phi) is 0.697. The molecule has 0 N–H and O–H groups in total. The average molecular weight is 94.2 g/mol. The van der Waals surface area contributed by atoms with Crippen LogP contribution in [0.1, 0.15) is 19.3 Å². The molecule has 2 rings (SSSR count). The van der Waals surface area contributed by atoms with Crippen LogP contribution in [-0.4, -0.2) is 0 Å². The van der Waals surface area contributed by atoms with Crippen molar-refractivity contribution in [2.45, 2.75) is 19.3 Å². The van der Waals surface area contributed by atoms with E-state index >= 15 is 0 Å². The van der Waals surface area contributed by atoms with E-state index in [2.05, 4.69) is 12.8 Å². The van der Waals surface area contributed by atoms with Gasteiger partial charge in [-0.15, -0.1) is 0 Å². The van der Waals surface area contributed by atoms with Crippen molar-refractivity contribution in [2.75, 3.05) is 0 Å². The standard InChI is InChI=1S/C7H10/c1-2-6-4-5-7(6)3-1/h2-3,6-7H,1,4-5H2. The van der Waals surface area contributed by atoms with E-state index in [4.69, 9.17) is 0 Å². The molecule has 0 saturated heterocycles. The molecule has 0 aromatic carbocycles. The number of hydrogen-bond donors (Lipinski definition) is 0. The maximum absolute atomic E-state index is 2.45. The molecule has 2 aliphatic carbocycles. The SMILES string of the molecule is [CH]1C[CH]C2CCC12. The first-order valence-electron chi connectivity index (χ1n) is 3.13. The molecule has 0 aromatic rings. The summed E-state index contributed by atoms with van der Waals surface area (Å²) in [5.74, 6) is 2.03. The van der Waals surface area contributed by atoms with Crippen LogP contribution in [0.3, 0.4) is 0 Å². The highest BCUT2D eigenvalue weighted by atomic mass is 14.4. The van der Waals surface area contributed by atoms with Crippen LogP contribution in [0.25, 0.3) is 0 Å². The molecule has 38 valence electrons. The van der Waals surface area contributed by atoms with Crippen molar-refractivity contribution < 1.29 is 0 Å². The smallest absolute Gasteiger partial charge is 0.0349 e. The second-order valence-corrected chi connectivity index (χ2v) is 2.61. The Labute approximate surface area is 44.9 Å². The highest BCUT2D eigenvalue weighted by Gasteiger charge is 2.34. The van der Waals surface area contributed by atoms with E-state index in [1.165, 1.54) is 19.3 Å². The van der Waals surface area contributed by atoms with E-state index in [1.807, 2.05) is 0 Å². The molecule has 2 atom stereocenters. The quantitative estimate of drug-likeness (QED) is 0.429. The maximum Gasteiger partial charge on any atom is -0.0349 e. The molecule has 2 fully saturated rings. The van der Waals surface area contributed by atoms with E-state index in [-0.39, 0.29) is 0 Å². The first kappa shape index (κ1) is 3.94. The Balaban J connectivity index is 2.03. The minimum Gasteiger partial charge on any atom is -0.0496 e. The zero-order chi connectivity index (χ0) is 4.69. The number of fused-ring (bicyclic) bond motifs is 1. The fraction of sp³-hybridized carbons (Fsp3) is 0.714. The van der Waals surface area contributed by atoms with E-state index < -0.39 is 0 Å². The van der Waals surface area contributed by atoms with E-state index in [0.29, 0.717) is 0 Å². The molecule has 0 bridgehead atoms. The van der Waals surface area contributed by atoms with Gasteiger partial charge in [0.2, 0.25) is 0 Å². The molecule has 0 heteroatoms. The van der Waals surface area contributed by atoms with Crippen LogP contribution in [-0.2, 0) is 0 Å². The highest BCUT2D eigenvalue weighted by Crippen LogP contribution is 2.45. The van der Waals surface area contributed by atoms with Gasteiger partial charge in [-0.1, -0.05) is 0 Å². The summed E-state index contributed by atoms with van der Waals surface area (Å²) in [6, 6.07) is 0. The Bertz CT molecular complexity index is 66.1. The first-order chi connectivity index (χ1) is 3.47. The summed E-state index contributed by atoms with van der Waals surface area (Å²) in [6.07, 6.45) is 9.14. The van der Waals surface area contributed by atoms with Crippen LogP contribution in [0.2, 0.25) is 0 Å². The third-order valence-corrected chi connectivity index (χ3v) is 2.26. The normalized spacial score (nSPS) is 48.0. The molecule has 7 heavy (non-hydrogen) atoms. The lowest BCUT2D eigenvalue weighted by atomic mass is 9.77. The fourth-order valence-corrected chi connectivity index (χ4v) is 1.57. The Morgan fingerprint density at radius 3 is 1.86 bits per heavy atom. The molecule has 0 aliphatic heterocycles. The zero-order valence-electron chi connectivity index (χ0n) is 4.43. The van der Waals surface area contributed by atoms with Crippen LogP contribution in [0.15, 0.2) is 0 Å². The molecule has 0 nitrogen and oxygen atoms in total. The summed E-state index contributed by atoms with van der Waals surface area (Å²) in [7, 11) is 0. The minimum atomic E-state index is 1.01. The predicted octanol–water partition coefficient (Wildman–Crippen LogP) is 1.82. The van der Waals surface area contributed by atoms with Crippen molar-refractivity contribution in [3.05, 3.63) is 12.8 Å². The van der Waals surface area contributed by atoms with Gasteiger partial charge in [0.1, 0.15) is 0 Å². The summed E-state index contributed by atoms with van der Waals surface area (Å²) >= 11 is 0. The minimum absolute atomic E-state index is 1.01. The average Bonchev–Trinajstić information content (AvgIpc) is 1.85. The Hall–Kier alpha value is 0.